The molecule has 0 aliphatic rings. The van der Waals surface area contributed by atoms with E-state index >= 15 is 0 Å². The maximum absolute atomic E-state index is 12.8. The maximum Gasteiger partial charge on any atom is 0.416 e. The van der Waals surface area contributed by atoms with Crippen LogP contribution in [0.3, 0.4) is 0 Å². The van der Waals surface area contributed by atoms with Gasteiger partial charge in [-0.2, -0.15) is 18.3 Å². The highest BCUT2D eigenvalue weighted by Gasteiger charge is 2.30. The van der Waals surface area contributed by atoms with E-state index in [9.17, 15) is 13.2 Å². The number of guanidine groups is 1. The molecule has 6 nitrogen and oxygen atoms in total. The monoisotopic (exact) mass is 416 g/mol. The second kappa shape index (κ2) is 8.98. The number of rotatable bonds is 5. The largest absolute Gasteiger partial charge is 0.416 e. The Labute approximate surface area is 172 Å². The van der Waals surface area contributed by atoms with Crippen LogP contribution in [0.2, 0.25) is 0 Å². The van der Waals surface area contributed by atoms with Gasteiger partial charge >= 0.3 is 6.18 Å². The highest BCUT2D eigenvalue weighted by molar-refractivity contribution is 5.79. The number of nitrogens with one attached hydrogen (secondary N) is 2. The number of hydrogen-bond donors (Lipinski definition) is 2. The number of benzene rings is 1. The third kappa shape index (κ3) is 5.37. The summed E-state index contributed by atoms with van der Waals surface area (Å²) in [5, 5.41) is 10.6. The van der Waals surface area contributed by atoms with Gasteiger partial charge in [0.2, 0.25) is 0 Å². The first kappa shape index (κ1) is 21.4. The fourth-order valence-electron chi connectivity index (χ4n) is 2.96. The van der Waals surface area contributed by atoms with Crippen LogP contribution in [0.25, 0.3) is 5.82 Å². The quantitative estimate of drug-likeness (QED) is 0.491. The Hall–Kier alpha value is -3.36. The number of pyridine rings is 1. The van der Waals surface area contributed by atoms with Gasteiger partial charge in [0.25, 0.3) is 0 Å². The van der Waals surface area contributed by atoms with Crippen molar-refractivity contribution in [3.8, 4) is 5.82 Å². The van der Waals surface area contributed by atoms with Crippen molar-refractivity contribution in [2.24, 2.45) is 4.99 Å². The minimum atomic E-state index is -4.36. The molecule has 2 aromatic heterocycles. The van der Waals surface area contributed by atoms with Crippen molar-refractivity contribution in [3.05, 3.63) is 76.7 Å². The van der Waals surface area contributed by atoms with Gasteiger partial charge in [-0.05, 0) is 49.2 Å². The Balaban J connectivity index is 1.56. The van der Waals surface area contributed by atoms with Crippen LogP contribution in [-0.2, 0) is 19.3 Å². The van der Waals surface area contributed by atoms with Gasteiger partial charge in [0.1, 0.15) is 0 Å². The van der Waals surface area contributed by atoms with E-state index in [0.717, 1.165) is 34.9 Å². The third-order valence-corrected chi connectivity index (χ3v) is 4.43. The summed E-state index contributed by atoms with van der Waals surface area (Å²) in [6, 6.07) is 11.0. The van der Waals surface area contributed by atoms with Crippen LogP contribution >= 0.6 is 0 Å². The number of aromatic nitrogens is 3. The maximum atomic E-state index is 12.8. The minimum absolute atomic E-state index is 0.221. The first-order valence-corrected chi connectivity index (χ1v) is 9.35. The first-order chi connectivity index (χ1) is 14.3. The Morgan fingerprint density at radius 2 is 1.77 bits per heavy atom. The van der Waals surface area contributed by atoms with Crippen LogP contribution < -0.4 is 10.6 Å². The topological polar surface area (TPSA) is 67.1 Å². The molecule has 2 heterocycles. The molecule has 0 atom stereocenters. The number of nitrogens with zero attached hydrogens (tertiary/aromatic N) is 4. The third-order valence-electron chi connectivity index (χ3n) is 4.43. The standard InChI is InChI=1S/C21H23F3N6/c1-14-9-15(2)30(29-14)19-8-7-17(12-26-19)13-28-20(25-3)27-11-16-5-4-6-18(10-16)21(22,23)24/h4-10,12H,11,13H2,1-3H3,(H2,25,27,28). The van der Waals surface area contributed by atoms with Gasteiger partial charge in [-0.25, -0.2) is 9.67 Å². The van der Waals surface area contributed by atoms with Gasteiger partial charge in [-0.3, -0.25) is 4.99 Å². The molecular formula is C21H23F3N6. The summed E-state index contributed by atoms with van der Waals surface area (Å²) in [7, 11) is 1.60. The van der Waals surface area contributed by atoms with Crippen molar-refractivity contribution in [1.29, 1.82) is 0 Å². The molecule has 3 rings (SSSR count). The number of aliphatic imine (C=N–C) groups is 1. The second-order valence-corrected chi connectivity index (χ2v) is 6.84. The summed E-state index contributed by atoms with van der Waals surface area (Å²) in [6.45, 7) is 4.59. The lowest BCUT2D eigenvalue weighted by Gasteiger charge is -2.13. The fraction of sp³-hybridized carbons (Fsp3) is 0.286. The lowest BCUT2D eigenvalue weighted by Crippen LogP contribution is -2.36. The molecule has 0 amide bonds. The highest BCUT2D eigenvalue weighted by Crippen LogP contribution is 2.29. The number of halogens is 3. The zero-order valence-corrected chi connectivity index (χ0v) is 17.0. The Morgan fingerprint density at radius 1 is 1.03 bits per heavy atom. The van der Waals surface area contributed by atoms with Crippen LogP contribution in [0.15, 0.2) is 53.7 Å². The van der Waals surface area contributed by atoms with Crippen LogP contribution in [0.4, 0.5) is 13.2 Å². The van der Waals surface area contributed by atoms with Gasteiger partial charge in [-0.15, -0.1) is 0 Å². The summed E-state index contributed by atoms with van der Waals surface area (Å²) in [4.78, 5) is 8.55. The predicted octanol–water partition coefficient (Wildman–Crippen LogP) is 3.77. The summed E-state index contributed by atoms with van der Waals surface area (Å²) in [5.74, 6) is 1.21. The molecule has 1 aromatic carbocycles. The van der Waals surface area contributed by atoms with E-state index < -0.39 is 11.7 Å². The molecule has 0 saturated carbocycles. The molecular weight excluding hydrogens is 393 g/mol. The predicted molar refractivity (Wildman–Crippen MR) is 109 cm³/mol. The molecule has 0 radical (unpaired) electrons. The van der Waals surface area contributed by atoms with E-state index in [1.165, 1.54) is 6.07 Å². The van der Waals surface area contributed by atoms with E-state index in [-0.39, 0.29) is 6.54 Å². The number of aryl methyl sites for hydroxylation is 2. The molecule has 0 spiro atoms. The van der Waals surface area contributed by atoms with E-state index in [0.29, 0.717) is 18.1 Å². The van der Waals surface area contributed by atoms with Gasteiger partial charge in [0.15, 0.2) is 11.8 Å². The van der Waals surface area contributed by atoms with E-state index in [2.05, 4.69) is 25.7 Å². The van der Waals surface area contributed by atoms with Crippen LogP contribution in [0.5, 0.6) is 0 Å². The van der Waals surface area contributed by atoms with Gasteiger partial charge in [-0.1, -0.05) is 18.2 Å². The molecule has 0 bridgehead atoms. The SMILES string of the molecule is CN=C(NCc1ccc(-n2nc(C)cc2C)nc1)NCc1cccc(C(F)(F)F)c1. The lowest BCUT2D eigenvalue weighted by molar-refractivity contribution is -0.137. The van der Waals surface area contributed by atoms with Crippen molar-refractivity contribution < 1.29 is 13.2 Å². The smallest absolute Gasteiger partial charge is 0.352 e. The molecule has 9 heteroatoms. The highest BCUT2D eigenvalue weighted by atomic mass is 19.4. The van der Waals surface area contributed by atoms with Crippen LogP contribution in [-0.4, -0.2) is 27.8 Å². The van der Waals surface area contributed by atoms with Crippen molar-refractivity contribution in [1.82, 2.24) is 25.4 Å². The zero-order valence-electron chi connectivity index (χ0n) is 17.0. The molecule has 3 aromatic rings. The van der Waals surface area contributed by atoms with Crippen molar-refractivity contribution in [2.75, 3.05) is 7.05 Å². The Kier molecular flexibility index (Phi) is 6.39. The molecule has 2 N–H and O–H groups in total. The van der Waals surface area contributed by atoms with Crippen LogP contribution in [0.1, 0.15) is 28.1 Å². The van der Waals surface area contributed by atoms with E-state index in [1.807, 2.05) is 32.0 Å². The average Bonchev–Trinajstić information content (AvgIpc) is 3.06. The Morgan fingerprint density at radius 3 is 2.33 bits per heavy atom. The molecule has 0 aliphatic heterocycles. The van der Waals surface area contributed by atoms with Gasteiger partial charge in [0.05, 0.1) is 11.3 Å². The molecule has 30 heavy (non-hydrogen) atoms. The second-order valence-electron chi connectivity index (χ2n) is 6.84. The Bertz CT molecular complexity index is 1020. The van der Waals surface area contributed by atoms with Crippen molar-refractivity contribution >= 4 is 5.96 Å². The molecule has 0 unspecified atom stereocenters. The van der Waals surface area contributed by atoms with Gasteiger partial charge in [0, 0.05) is 32.0 Å². The summed E-state index contributed by atoms with van der Waals surface area (Å²) < 4.78 is 40.3. The van der Waals surface area contributed by atoms with E-state index in [4.69, 9.17) is 0 Å². The summed E-state index contributed by atoms with van der Waals surface area (Å²) in [6.07, 6.45) is -2.61. The fourth-order valence-corrected chi connectivity index (χ4v) is 2.96. The molecule has 158 valence electrons. The minimum Gasteiger partial charge on any atom is -0.352 e. The van der Waals surface area contributed by atoms with E-state index in [1.54, 1.807) is 24.0 Å². The summed E-state index contributed by atoms with van der Waals surface area (Å²) >= 11 is 0. The lowest BCUT2D eigenvalue weighted by atomic mass is 10.1. The number of alkyl halides is 3. The zero-order chi connectivity index (χ0) is 21.7. The normalized spacial score (nSPS) is 12.1. The van der Waals surface area contributed by atoms with Crippen molar-refractivity contribution in [3.63, 3.8) is 0 Å². The summed E-state index contributed by atoms with van der Waals surface area (Å²) in [5.41, 5.74) is 2.71. The van der Waals surface area contributed by atoms with Crippen LogP contribution in [0, 0.1) is 13.8 Å². The molecule has 0 aliphatic carbocycles. The average molecular weight is 416 g/mol. The molecule has 0 fully saturated rings. The molecule has 0 saturated heterocycles. The first-order valence-electron chi connectivity index (χ1n) is 9.35. The van der Waals surface area contributed by atoms with Crippen molar-refractivity contribution in [2.45, 2.75) is 33.1 Å². The number of hydrogen-bond acceptors (Lipinski definition) is 3. The van der Waals surface area contributed by atoms with Gasteiger partial charge < -0.3 is 10.6 Å².